The third-order valence-corrected chi connectivity index (χ3v) is 3.32. The number of halogens is 2. The number of hydrogen-bond acceptors (Lipinski definition) is 3. The molecule has 1 rings (SSSR count). The summed E-state index contributed by atoms with van der Waals surface area (Å²) in [6.07, 6.45) is 0.878. The van der Waals surface area contributed by atoms with Gasteiger partial charge in [0.05, 0.1) is 16.6 Å². The van der Waals surface area contributed by atoms with Gasteiger partial charge < -0.3 is 5.32 Å². The molecular formula is C13H16BrFN2O3. The largest absolute Gasteiger partial charge is 0.351 e. The van der Waals surface area contributed by atoms with Crippen molar-refractivity contribution in [3.05, 3.63) is 39.7 Å². The minimum atomic E-state index is -0.897. The van der Waals surface area contributed by atoms with Crippen molar-refractivity contribution >= 4 is 27.5 Å². The SMILES string of the molecule is CC(C)CC(Br)CNC(=O)c1ccc([N+](=O)[O-])cc1F. The molecule has 1 unspecified atom stereocenters. The van der Waals surface area contributed by atoms with E-state index in [1.165, 1.54) is 0 Å². The molecule has 0 saturated heterocycles. The highest BCUT2D eigenvalue weighted by atomic mass is 79.9. The van der Waals surface area contributed by atoms with Gasteiger partial charge in [0.1, 0.15) is 5.82 Å². The van der Waals surface area contributed by atoms with Crippen LogP contribution in [0, 0.1) is 21.8 Å². The van der Waals surface area contributed by atoms with Gasteiger partial charge in [-0.2, -0.15) is 0 Å². The van der Waals surface area contributed by atoms with E-state index in [1.807, 2.05) is 0 Å². The predicted molar refractivity (Wildman–Crippen MR) is 77.6 cm³/mol. The van der Waals surface area contributed by atoms with Crippen LogP contribution in [0.25, 0.3) is 0 Å². The second-order valence-corrected chi connectivity index (χ2v) is 6.15. The molecule has 0 aromatic heterocycles. The van der Waals surface area contributed by atoms with Gasteiger partial charge in [-0.3, -0.25) is 14.9 Å². The first-order valence-electron chi connectivity index (χ1n) is 6.17. The van der Waals surface area contributed by atoms with Crippen molar-refractivity contribution in [1.29, 1.82) is 0 Å². The fourth-order valence-electron chi connectivity index (χ4n) is 1.70. The molecule has 0 fully saturated rings. The Morgan fingerprint density at radius 2 is 2.15 bits per heavy atom. The maximum Gasteiger partial charge on any atom is 0.272 e. The number of nitro benzene ring substituents is 1. The third-order valence-electron chi connectivity index (χ3n) is 2.62. The number of hydrogen-bond donors (Lipinski definition) is 1. The van der Waals surface area contributed by atoms with Crippen molar-refractivity contribution in [1.82, 2.24) is 5.32 Å². The lowest BCUT2D eigenvalue weighted by Gasteiger charge is -2.13. The standard InChI is InChI=1S/C13H16BrFN2O3/c1-8(2)5-9(14)7-16-13(18)11-4-3-10(17(19)20)6-12(11)15/h3-4,6,8-9H,5,7H2,1-2H3,(H,16,18). The molecule has 110 valence electrons. The number of nitro groups is 1. The van der Waals surface area contributed by atoms with Crippen molar-refractivity contribution in [2.24, 2.45) is 5.92 Å². The highest BCUT2D eigenvalue weighted by molar-refractivity contribution is 9.09. The summed E-state index contributed by atoms with van der Waals surface area (Å²) in [5.74, 6) is -0.996. The van der Waals surface area contributed by atoms with Crippen LogP contribution in [0.3, 0.4) is 0 Å². The molecule has 1 aromatic rings. The zero-order chi connectivity index (χ0) is 15.3. The Morgan fingerprint density at radius 1 is 1.50 bits per heavy atom. The molecule has 20 heavy (non-hydrogen) atoms. The van der Waals surface area contributed by atoms with Gasteiger partial charge in [0.15, 0.2) is 0 Å². The quantitative estimate of drug-likeness (QED) is 0.488. The number of alkyl halides is 1. The Kier molecular flexibility index (Phi) is 6.06. The van der Waals surface area contributed by atoms with Gasteiger partial charge in [-0.05, 0) is 18.4 Å². The maximum atomic E-state index is 13.6. The van der Waals surface area contributed by atoms with Gasteiger partial charge in [0.25, 0.3) is 11.6 Å². The first kappa shape index (κ1) is 16.6. The van der Waals surface area contributed by atoms with E-state index >= 15 is 0 Å². The summed E-state index contributed by atoms with van der Waals surface area (Å²) in [7, 11) is 0. The molecule has 0 saturated carbocycles. The Morgan fingerprint density at radius 3 is 2.65 bits per heavy atom. The molecular weight excluding hydrogens is 331 g/mol. The van der Waals surface area contributed by atoms with E-state index in [0.29, 0.717) is 12.5 Å². The molecule has 1 atom stereocenters. The minimum absolute atomic E-state index is 0.104. The number of benzene rings is 1. The van der Waals surface area contributed by atoms with Crippen LogP contribution in [0.2, 0.25) is 0 Å². The average molecular weight is 347 g/mol. The van der Waals surface area contributed by atoms with Crippen molar-refractivity contribution in [2.45, 2.75) is 25.1 Å². The fraction of sp³-hybridized carbons (Fsp3) is 0.462. The monoisotopic (exact) mass is 346 g/mol. The topological polar surface area (TPSA) is 72.2 Å². The van der Waals surface area contributed by atoms with Crippen LogP contribution in [0.15, 0.2) is 18.2 Å². The molecule has 7 heteroatoms. The molecule has 1 aromatic carbocycles. The molecule has 0 aliphatic heterocycles. The van der Waals surface area contributed by atoms with E-state index in [4.69, 9.17) is 0 Å². The molecule has 1 N–H and O–H groups in total. The van der Waals surface area contributed by atoms with Gasteiger partial charge in [-0.1, -0.05) is 29.8 Å². The van der Waals surface area contributed by atoms with Crippen LogP contribution in [-0.4, -0.2) is 22.2 Å². The molecule has 5 nitrogen and oxygen atoms in total. The summed E-state index contributed by atoms with van der Waals surface area (Å²) < 4.78 is 13.6. The van der Waals surface area contributed by atoms with Crippen LogP contribution in [-0.2, 0) is 0 Å². The summed E-state index contributed by atoms with van der Waals surface area (Å²) in [4.78, 5) is 21.7. The highest BCUT2D eigenvalue weighted by Crippen LogP contribution is 2.17. The van der Waals surface area contributed by atoms with E-state index in [2.05, 4.69) is 35.1 Å². The zero-order valence-corrected chi connectivity index (χ0v) is 12.8. The van der Waals surface area contributed by atoms with Crippen LogP contribution >= 0.6 is 15.9 Å². The van der Waals surface area contributed by atoms with Crippen molar-refractivity contribution in [2.75, 3.05) is 6.54 Å². The lowest BCUT2D eigenvalue weighted by Crippen LogP contribution is -2.30. The van der Waals surface area contributed by atoms with Gasteiger partial charge in [-0.15, -0.1) is 0 Å². The first-order valence-corrected chi connectivity index (χ1v) is 7.09. The number of carbonyl (C=O) groups excluding carboxylic acids is 1. The van der Waals surface area contributed by atoms with E-state index in [9.17, 15) is 19.3 Å². The number of rotatable bonds is 6. The predicted octanol–water partition coefficient (Wildman–Crippen LogP) is 3.27. The number of amides is 1. The molecule has 0 aliphatic rings. The van der Waals surface area contributed by atoms with Crippen molar-refractivity contribution in [3.63, 3.8) is 0 Å². The van der Waals surface area contributed by atoms with Crippen LogP contribution < -0.4 is 5.32 Å². The molecule has 0 spiro atoms. The second kappa shape index (κ2) is 7.33. The summed E-state index contributed by atoms with van der Waals surface area (Å²) in [6.45, 7) is 4.49. The summed E-state index contributed by atoms with van der Waals surface area (Å²) >= 11 is 3.43. The van der Waals surface area contributed by atoms with E-state index in [-0.39, 0.29) is 16.1 Å². The number of nitrogens with zero attached hydrogens (tertiary/aromatic N) is 1. The number of non-ortho nitro benzene ring substituents is 1. The minimum Gasteiger partial charge on any atom is -0.351 e. The van der Waals surface area contributed by atoms with Gasteiger partial charge in [-0.25, -0.2) is 4.39 Å². The molecule has 0 radical (unpaired) electrons. The summed E-state index contributed by atoms with van der Waals surface area (Å²) in [5, 5.41) is 13.1. The van der Waals surface area contributed by atoms with E-state index < -0.39 is 16.6 Å². The summed E-state index contributed by atoms with van der Waals surface area (Å²) in [6, 6.07) is 2.97. The summed E-state index contributed by atoms with van der Waals surface area (Å²) in [5.41, 5.74) is -0.572. The van der Waals surface area contributed by atoms with Crippen LogP contribution in [0.4, 0.5) is 10.1 Å². The van der Waals surface area contributed by atoms with Crippen LogP contribution in [0.5, 0.6) is 0 Å². The Bertz CT molecular complexity index is 508. The lowest BCUT2D eigenvalue weighted by atomic mass is 10.1. The maximum absolute atomic E-state index is 13.6. The van der Waals surface area contributed by atoms with Gasteiger partial charge in [0, 0.05) is 17.4 Å². The average Bonchev–Trinajstić information content (AvgIpc) is 2.34. The van der Waals surface area contributed by atoms with E-state index in [1.54, 1.807) is 0 Å². The molecule has 0 bridgehead atoms. The molecule has 1 amide bonds. The highest BCUT2D eigenvalue weighted by Gasteiger charge is 2.17. The number of carbonyl (C=O) groups is 1. The Hall–Kier alpha value is -1.50. The van der Waals surface area contributed by atoms with Gasteiger partial charge >= 0.3 is 0 Å². The van der Waals surface area contributed by atoms with E-state index in [0.717, 1.165) is 24.6 Å². The third kappa shape index (κ3) is 4.88. The smallest absolute Gasteiger partial charge is 0.272 e. The Labute approximate surface area is 124 Å². The number of nitrogens with one attached hydrogen (secondary N) is 1. The van der Waals surface area contributed by atoms with Crippen molar-refractivity contribution in [3.8, 4) is 0 Å². The fourth-order valence-corrected chi connectivity index (χ4v) is 2.60. The van der Waals surface area contributed by atoms with Crippen molar-refractivity contribution < 1.29 is 14.1 Å². The normalized spacial score (nSPS) is 12.2. The van der Waals surface area contributed by atoms with Crippen LogP contribution in [0.1, 0.15) is 30.6 Å². The second-order valence-electron chi connectivity index (χ2n) is 4.86. The molecule has 0 aliphatic carbocycles. The lowest BCUT2D eigenvalue weighted by molar-refractivity contribution is -0.385. The zero-order valence-electron chi connectivity index (χ0n) is 11.2. The first-order chi connectivity index (χ1) is 9.31. The molecule has 0 heterocycles. The Balaban J connectivity index is 2.66. The van der Waals surface area contributed by atoms with Gasteiger partial charge in [0.2, 0.25) is 0 Å².